The number of benzene rings is 1. The zero-order chi connectivity index (χ0) is 19.5. The van der Waals surface area contributed by atoms with Crippen molar-refractivity contribution in [2.45, 2.75) is 19.3 Å². The molecule has 0 saturated carbocycles. The maximum absolute atomic E-state index is 12.8. The van der Waals surface area contributed by atoms with Gasteiger partial charge in [-0.2, -0.15) is 0 Å². The van der Waals surface area contributed by atoms with Crippen LogP contribution in [0.1, 0.15) is 27.3 Å². The molecule has 0 fully saturated rings. The molecule has 6 nitrogen and oxygen atoms in total. The molecule has 4 rings (SSSR count). The number of nitrogens with one attached hydrogen (secondary N) is 1. The molecule has 1 atom stereocenters. The van der Waals surface area contributed by atoms with E-state index in [-0.39, 0.29) is 11.8 Å². The van der Waals surface area contributed by atoms with Gasteiger partial charge in [-0.25, -0.2) is 9.78 Å². The van der Waals surface area contributed by atoms with Crippen molar-refractivity contribution in [3.8, 4) is 10.6 Å². The zero-order valence-corrected chi connectivity index (χ0v) is 16.2. The fourth-order valence-corrected chi connectivity index (χ4v) is 4.48. The molecule has 0 saturated heterocycles. The highest BCUT2D eigenvalue weighted by molar-refractivity contribution is 7.15. The van der Waals surface area contributed by atoms with Gasteiger partial charge in [-0.1, -0.05) is 6.07 Å². The fourth-order valence-electron chi connectivity index (χ4n) is 3.30. The number of esters is 1. The maximum atomic E-state index is 12.8. The Bertz CT molecular complexity index is 1020. The standard InChI is InChI=1S/C21H19N3O3S/c1-27-21(26)14-4-2-6-16(10-14)23-19(25)13-7-8-17-18(11-13)28-20(24-17)15-5-3-9-22-12-15/h2-6,9-10,12-13H,7-8,11H2,1H3,(H,23,25). The van der Waals surface area contributed by atoms with Crippen molar-refractivity contribution in [1.82, 2.24) is 9.97 Å². The van der Waals surface area contributed by atoms with Crippen molar-refractivity contribution in [3.05, 3.63) is 64.9 Å². The Kier molecular flexibility index (Phi) is 5.16. The third kappa shape index (κ3) is 3.80. The number of aromatic nitrogens is 2. The lowest BCUT2D eigenvalue weighted by Crippen LogP contribution is -2.27. The van der Waals surface area contributed by atoms with Gasteiger partial charge in [0.1, 0.15) is 5.01 Å². The van der Waals surface area contributed by atoms with Gasteiger partial charge < -0.3 is 10.1 Å². The van der Waals surface area contributed by atoms with E-state index >= 15 is 0 Å². The van der Waals surface area contributed by atoms with E-state index in [9.17, 15) is 9.59 Å². The number of pyridine rings is 1. The van der Waals surface area contributed by atoms with Crippen LogP contribution in [-0.2, 0) is 22.4 Å². The van der Waals surface area contributed by atoms with Crippen molar-refractivity contribution in [2.24, 2.45) is 5.92 Å². The molecule has 2 aromatic heterocycles. The highest BCUT2D eigenvalue weighted by atomic mass is 32.1. The molecular formula is C21H19N3O3S. The number of nitrogens with zero attached hydrogens (tertiary/aromatic N) is 2. The number of methoxy groups -OCH3 is 1. The number of carbonyl (C=O) groups excluding carboxylic acids is 2. The Balaban J connectivity index is 1.46. The zero-order valence-electron chi connectivity index (χ0n) is 15.3. The molecule has 1 N–H and O–H groups in total. The normalized spacial score (nSPS) is 15.5. The minimum absolute atomic E-state index is 0.0380. The molecule has 1 amide bonds. The van der Waals surface area contributed by atoms with Crippen LogP contribution in [0.4, 0.5) is 5.69 Å². The number of aryl methyl sites for hydroxylation is 1. The molecule has 3 aromatic rings. The van der Waals surface area contributed by atoms with Crippen LogP contribution in [0.3, 0.4) is 0 Å². The molecule has 142 valence electrons. The first-order valence-electron chi connectivity index (χ1n) is 9.02. The van der Waals surface area contributed by atoms with Crippen LogP contribution in [0.25, 0.3) is 10.6 Å². The Labute approximate surface area is 166 Å². The van der Waals surface area contributed by atoms with Gasteiger partial charge in [0, 0.05) is 34.4 Å². The van der Waals surface area contributed by atoms with Gasteiger partial charge in [-0.3, -0.25) is 9.78 Å². The Morgan fingerprint density at radius 2 is 2.14 bits per heavy atom. The molecule has 7 heteroatoms. The van der Waals surface area contributed by atoms with E-state index in [1.165, 1.54) is 7.11 Å². The van der Waals surface area contributed by atoms with Gasteiger partial charge in [0.25, 0.3) is 0 Å². The van der Waals surface area contributed by atoms with Crippen molar-refractivity contribution in [3.63, 3.8) is 0 Å². The van der Waals surface area contributed by atoms with Crippen molar-refractivity contribution in [2.75, 3.05) is 12.4 Å². The Morgan fingerprint density at radius 3 is 2.93 bits per heavy atom. The molecular weight excluding hydrogens is 374 g/mol. The summed E-state index contributed by atoms with van der Waals surface area (Å²) in [6.07, 6.45) is 5.77. The quantitative estimate of drug-likeness (QED) is 0.683. The first-order chi connectivity index (χ1) is 13.6. The lowest BCUT2D eigenvalue weighted by atomic mass is 9.90. The van der Waals surface area contributed by atoms with E-state index < -0.39 is 5.97 Å². The van der Waals surface area contributed by atoms with E-state index in [1.54, 1.807) is 41.8 Å². The smallest absolute Gasteiger partial charge is 0.337 e. The first kappa shape index (κ1) is 18.3. The number of hydrogen-bond acceptors (Lipinski definition) is 6. The topological polar surface area (TPSA) is 81.2 Å². The summed E-state index contributed by atoms with van der Waals surface area (Å²) < 4.78 is 4.73. The fraction of sp³-hybridized carbons (Fsp3) is 0.238. The lowest BCUT2D eigenvalue weighted by molar-refractivity contribution is -0.120. The van der Waals surface area contributed by atoms with E-state index in [2.05, 4.69) is 10.3 Å². The second kappa shape index (κ2) is 7.90. The number of thiazole rings is 1. The number of anilines is 1. The number of ether oxygens (including phenoxy) is 1. The van der Waals surface area contributed by atoms with E-state index in [0.717, 1.165) is 34.0 Å². The van der Waals surface area contributed by atoms with Crippen LogP contribution in [0.5, 0.6) is 0 Å². The molecule has 1 aliphatic carbocycles. The number of carbonyl (C=O) groups is 2. The average molecular weight is 393 g/mol. The van der Waals surface area contributed by atoms with Crippen LogP contribution >= 0.6 is 11.3 Å². The van der Waals surface area contributed by atoms with Gasteiger partial charge >= 0.3 is 5.97 Å². The van der Waals surface area contributed by atoms with Gasteiger partial charge in [-0.15, -0.1) is 11.3 Å². The van der Waals surface area contributed by atoms with Gasteiger partial charge in [0.2, 0.25) is 5.91 Å². The molecule has 2 heterocycles. The van der Waals surface area contributed by atoms with Crippen molar-refractivity contribution >= 4 is 28.9 Å². The molecule has 1 unspecified atom stereocenters. The highest BCUT2D eigenvalue weighted by Crippen LogP contribution is 2.34. The minimum atomic E-state index is -0.425. The average Bonchev–Trinajstić information content (AvgIpc) is 3.17. The Morgan fingerprint density at radius 1 is 1.25 bits per heavy atom. The third-order valence-corrected chi connectivity index (χ3v) is 5.94. The third-order valence-electron chi connectivity index (χ3n) is 4.77. The molecule has 0 aliphatic heterocycles. The summed E-state index contributed by atoms with van der Waals surface area (Å²) in [6, 6.07) is 10.7. The second-order valence-corrected chi connectivity index (χ2v) is 7.72. The highest BCUT2D eigenvalue weighted by Gasteiger charge is 2.28. The molecule has 28 heavy (non-hydrogen) atoms. The molecule has 1 aromatic carbocycles. The maximum Gasteiger partial charge on any atom is 0.337 e. The summed E-state index contributed by atoms with van der Waals surface area (Å²) in [6.45, 7) is 0. The SMILES string of the molecule is COC(=O)c1cccc(NC(=O)C2CCc3nc(-c4cccnc4)sc3C2)c1. The predicted octanol–water partition coefficient (Wildman–Crippen LogP) is 3.74. The monoisotopic (exact) mass is 393 g/mol. The largest absolute Gasteiger partial charge is 0.465 e. The van der Waals surface area contributed by atoms with E-state index in [4.69, 9.17) is 9.72 Å². The van der Waals surface area contributed by atoms with Crippen LogP contribution in [-0.4, -0.2) is 29.0 Å². The molecule has 0 bridgehead atoms. The molecule has 0 spiro atoms. The van der Waals surface area contributed by atoms with Crippen molar-refractivity contribution < 1.29 is 14.3 Å². The number of rotatable bonds is 4. The van der Waals surface area contributed by atoms with E-state index in [1.807, 2.05) is 18.3 Å². The summed E-state index contributed by atoms with van der Waals surface area (Å²) in [7, 11) is 1.34. The molecule has 1 aliphatic rings. The van der Waals surface area contributed by atoms with E-state index in [0.29, 0.717) is 17.7 Å². The number of hydrogen-bond donors (Lipinski definition) is 1. The predicted molar refractivity (Wildman–Crippen MR) is 107 cm³/mol. The van der Waals surface area contributed by atoms with Crippen molar-refractivity contribution in [1.29, 1.82) is 0 Å². The van der Waals surface area contributed by atoms with Crippen LogP contribution in [0.15, 0.2) is 48.8 Å². The minimum Gasteiger partial charge on any atom is -0.465 e. The summed E-state index contributed by atoms with van der Waals surface area (Å²) in [5.41, 5.74) is 3.09. The number of amides is 1. The van der Waals surface area contributed by atoms with Crippen LogP contribution < -0.4 is 5.32 Å². The van der Waals surface area contributed by atoms with Crippen LogP contribution in [0, 0.1) is 5.92 Å². The van der Waals surface area contributed by atoms with Crippen LogP contribution in [0.2, 0.25) is 0 Å². The van der Waals surface area contributed by atoms with Gasteiger partial charge in [-0.05, 0) is 49.6 Å². The molecule has 0 radical (unpaired) electrons. The lowest BCUT2D eigenvalue weighted by Gasteiger charge is -2.20. The first-order valence-corrected chi connectivity index (χ1v) is 9.84. The summed E-state index contributed by atoms with van der Waals surface area (Å²) in [5, 5.41) is 3.88. The summed E-state index contributed by atoms with van der Waals surface area (Å²) >= 11 is 1.63. The summed E-state index contributed by atoms with van der Waals surface area (Å²) in [4.78, 5) is 34.5. The van der Waals surface area contributed by atoms with Gasteiger partial charge in [0.15, 0.2) is 0 Å². The number of fused-ring (bicyclic) bond motifs is 1. The second-order valence-electron chi connectivity index (χ2n) is 6.63. The van der Waals surface area contributed by atoms with Gasteiger partial charge in [0.05, 0.1) is 18.4 Å². The Hall–Kier alpha value is -3.06. The summed E-state index contributed by atoms with van der Waals surface area (Å²) in [5.74, 6) is -0.577.